The van der Waals surface area contributed by atoms with Gasteiger partial charge in [-0.25, -0.2) is 21.6 Å². The monoisotopic (exact) mass is 534 g/mol. The van der Waals surface area contributed by atoms with E-state index >= 15 is 0 Å². The topological polar surface area (TPSA) is 119 Å². The summed E-state index contributed by atoms with van der Waals surface area (Å²) in [5.41, 5.74) is 0.109. The van der Waals surface area contributed by atoms with Gasteiger partial charge in [-0.05, 0) is 48.2 Å². The summed E-state index contributed by atoms with van der Waals surface area (Å²) in [6.45, 7) is 1.55. The number of halogens is 2. The highest BCUT2D eigenvalue weighted by Crippen LogP contribution is 2.36. The third-order valence-electron chi connectivity index (χ3n) is 4.21. The number of hydrogen-bond donors (Lipinski definition) is 2. The van der Waals surface area contributed by atoms with Crippen LogP contribution in [0.25, 0.3) is 0 Å². The lowest BCUT2D eigenvalue weighted by Gasteiger charge is -2.16. The molecule has 1 heterocycles. The van der Waals surface area contributed by atoms with E-state index in [9.17, 15) is 21.6 Å². The second kappa shape index (κ2) is 9.28. The maximum absolute atomic E-state index is 13.1. The van der Waals surface area contributed by atoms with Crippen molar-refractivity contribution in [3.8, 4) is 0 Å². The molecule has 0 aliphatic rings. The average Bonchev–Trinajstić information content (AvgIpc) is 3.27. The van der Waals surface area contributed by atoms with Crippen LogP contribution in [0.4, 0.5) is 11.4 Å². The Balaban J connectivity index is 2.05. The van der Waals surface area contributed by atoms with Crippen molar-refractivity contribution in [3.05, 3.63) is 69.0 Å². The molecule has 2 aromatic carbocycles. The molecule has 3 rings (SSSR count). The van der Waals surface area contributed by atoms with E-state index < -0.39 is 26.0 Å². The molecule has 0 spiro atoms. The molecule has 8 nitrogen and oxygen atoms in total. The zero-order valence-electron chi connectivity index (χ0n) is 16.5. The summed E-state index contributed by atoms with van der Waals surface area (Å²) < 4.78 is 60.8. The smallest absolute Gasteiger partial charge is 0.337 e. The van der Waals surface area contributed by atoms with E-state index in [2.05, 4.69) is 14.2 Å². The van der Waals surface area contributed by atoms with Gasteiger partial charge in [0.05, 0.1) is 39.0 Å². The van der Waals surface area contributed by atoms with Crippen LogP contribution in [-0.2, 0) is 24.8 Å². The average molecular weight is 535 g/mol. The van der Waals surface area contributed by atoms with Gasteiger partial charge in [0.15, 0.2) is 0 Å². The van der Waals surface area contributed by atoms with Gasteiger partial charge in [-0.15, -0.1) is 11.3 Å². The maximum Gasteiger partial charge on any atom is 0.337 e. The standard InChI is InChI=1S/C19H16Cl2N2O6S3/c1-11-5-6-12(19(24)29-2)8-17(11)31(25,26)22-15-9-13(20)14(21)10-16(15)23-32(27,28)18-4-3-7-30-18/h3-10,22-23H,1-2H3. The minimum absolute atomic E-state index is 0.00321. The first-order valence-electron chi connectivity index (χ1n) is 8.72. The van der Waals surface area contributed by atoms with Crippen molar-refractivity contribution in [2.75, 3.05) is 16.6 Å². The van der Waals surface area contributed by atoms with Crippen molar-refractivity contribution >= 4 is 71.9 Å². The first-order valence-corrected chi connectivity index (χ1v) is 13.3. The minimum atomic E-state index is -4.26. The number of nitrogens with one attached hydrogen (secondary N) is 2. The van der Waals surface area contributed by atoms with Crippen molar-refractivity contribution in [2.24, 2.45) is 0 Å². The third kappa shape index (κ3) is 5.18. The third-order valence-corrected chi connectivity index (χ3v) is 9.20. The van der Waals surface area contributed by atoms with Crippen molar-refractivity contribution in [2.45, 2.75) is 16.0 Å². The molecule has 0 bridgehead atoms. The van der Waals surface area contributed by atoms with E-state index in [1.54, 1.807) is 18.4 Å². The van der Waals surface area contributed by atoms with Crippen LogP contribution in [0.1, 0.15) is 15.9 Å². The fourth-order valence-corrected chi connectivity index (χ4v) is 6.39. The van der Waals surface area contributed by atoms with E-state index in [0.29, 0.717) is 5.56 Å². The predicted molar refractivity (Wildman–Crippen MR) is 125 cm³/mol. The van der Waals surface area contributed by atoms with Crippen molar-refractivity contribution in [1.29, 1.82) is 0 Å². The molecule has 0 fully saturated rings. The fourth-order valence-electron chi connectivity index (χ4n) is 2.66. The van der Waals surface area contributed by atoms with Crippen LogP contribution < -0.4 is 9.44 Å². The molecule has 2 N–H and O–H groups in total. The maximum atomic E-state index is 13.1. The van der Waals surface area contributed by atoms with Crippen molar-refractivity contribution in [3.63, 3.8) is 0 Å². The van der Waals surface area contributed by atoms with Gasteiger partial charge in [-0.3, -0.25) is 9.44 Å². The second-order valence-corrected chi connectivity index (χ2v) is 11.7. The van der Waals surface area contributed by atoms with E-state index in [4.69, 9.17) is 23.2 Å². The molecule has 0 aliphatic carbocycles. The molecule has 0 unspecified atom stereocenters. The van der Waals surface area contributed by atoms with Gasteiger partial charge in [-0.2, -0.15) is 0 Å². The van der Waals surface area contributed by atoms with Crippen LogP contribution >= 0.6 is 34.5 Å². The molecule has 0 radical (unpaired) electrons. The Morgan fingerprint density at radius 2 is 1.53 bits per heavy atom. The molecule has 0 amide bonds. The number of carbonyl (C=O) groups is 1. The Bertz CT molecular complexity index is 1390. The summed E-state index contributed by atoms with van der Waals surface area (Å²) in [7, 11) is -7.09. The molecule has 0 saturated carbocycles. The van der Waals surface area contributed by atoms with Crippen LogP contribution in [0.15, 0.2) is 56.9 Å². The number of carbonyl (C=O) groups excluding carboxylic acids is 1. The SMILES string of the molecule is COC(=O)c1ccc(C)c(S(=O)(=O)Nc2cc(Cl)c(Cl)cc2NS(=O)(=O)c2cccs2)c1. The quantitative estimate of drug-likeness (QED) is 0.422. The number of aryl methyl sites for hydroxylation is 1. The molecule has 0 atom stereocenters. The van der Waals surface area contributed by atoms with Crippen molar-refractivity contribution in [1.82, 2.24) is 0 Å². The lowest BCUT2D eigenvalue weighted by atomic mass is 10.1. The first-order chi connectivity index (χ1) is 14.9. The lowest BCUT2D eigenvalue weighted by molar-refractivity contribution is 0.0600. The van der Waals surface area contributed by atoms with Crippen LogP contribution in [0.2, 0.25) is 10.0 Å². The summed E-state index contributed by atoms with van der Waals surface area (Å²) in [4.78, 5) is 11.6. The molecule has 32 heavy (non-hydrogen) atoms. The summed E-state index contributed by atoms with van der Waals surface area (Å²) in [5.74, 6) is -0.708. The van der Waals surface area contributed by atoms with E-state index in [1.165, 1.54) is 37.4 Å². The zero-order chi connectivity index (χ0) is 23.7. The Labute approximate surface area is 199 Å². The molecule has 0 saturated heterocycles. The van der Waals surface area contributed by atoms with Crippen molar-refractivity contribution < 1.29 is 26.4 Å². The molecule has 170 valence electrons. The highest BCUT2D eigenvalue weighted by molar-refractivity contribution is 7.94. The number of anilines is 2. The molecule has 1 aromatic heterocycles. The first kappa shape index (κ1) is 24.3. The van der Waals surface area contributed by atoms with Gasteiger partial charge < -0.3 is 4.74 Å². The number of ether oxygens (including phenoxy) is 1. The van der Waals surface area contributed by atoms with E-state index in [0.717, 1.165) is 17.4 Å². The predicted octanol–water partition coefficient (Wildman–Crippen LogP) is 4.75. The summed E-state index contributed by atoms with van der Waals surface area (Å²) in [6.07, 6.45) is 0. The van der Waals surface area contributed by atoms with E-state index in [-0.39, 0.29) is 36.1 Å². The zero-order valence-corrected chi connectivity index (χ0v) is 20.5. The normalized spacial score (nSPS) is 11.8. The number of benzene rings is 2. The lowest BCUT2D eigenvalue weighted by Crippen LogP contribution is -2.18. The van der Waals surface area contributed by atoms with Gasteiger partial charge in [0.1, 0.15) is 4.21 Å². The van der Waals surface area contributed by atoms with Crippen LogP contribution in [0.5, 0.6) is 0 Å². The van der Waals surface area contributed by atoms with Gasteiger partial charge in [0.2, 0.25) is 0 Å². The van der Waals surface area contributed by atoms with Gasteiger partial charge in [0, 0.05) is 0 Å². The Kier molecular flexibility index (Phi) is 7.06. The van der Waals surface area contributed by atoms with Crippen LogP contribution in [0.3, 0.4) is 0 Å². The molecular formula is C19H16Cl2N2O6S3. The number of thiophene rings is 1. The molecular weight excluding hydrogens is 519 g/mol. The highest BCUT2D eigenvalue weighted by atomic mass is 35.5. The number of rotatable bonds is 7. The highest BCUT2D eigenvalue weighted by Gasteiger charge is 2.24. The molecule has 0 aliphatic heterocycles. The Hall–Kier alpha value is -2.31. The number of hydrogen-bond acceptors (Lipinski definition) is 7. The number of sulfonamides is 2. The summed E-state index contributed by atoms with van der Waals surface area (Å²) >= 11 is 13.1. The van der Waals surface area contributed by atoms with Gasteiger partial charge >= 0.3 is 5.97 Å². The van der Waals surface area contributed by atoms with Gasteiger partial charge in [0.25, 0.3) is 20.0 Å². The molecule has 13 heteroatoms. The number of esters is 1. The minimum Gasteiger partial charge on any atom is -0.465 e. The summed E-state index contributed by atoms with van der Waals surface area (Å²) in [6, 6.07) is 9.40. The van der Waals surface area contributed by atoms with Crippen LogP contribution in [-0.4, -0.2) is 29.9 Å². The summed E-state index contributed by atoms with van der Waals surface area (Å²) in [5, 5.41) is 1.61. The molecule has 3 aromatic rings. The fraction of sp³-hybridized carbons (Fsp3) is 0.105. The second-order valence-electron chi connectivity index (χ2n) is 6.43. The van der Waals surface area contributed by atoms with E-state index in [1.807, 2.05) is 0 Å². The van der Waals surface area contributed by atoms with Crippen LogP contribution in [0, 0.1) is 6.92 Å². The Morgan fingerprint density at radius 1 is 0.938 bits per heavy atom. The van der Waals surface area contributed by atoms with Gasteiger partial charge in [-0.1, -0.05) is 35.3 Å². The number of methoxy groups -OCH3 is 1. The largest absolute Gasteiger partial charge is 0.465 e. The Morgan fingerprint density at radius 3 is 2.06 bits per heavy atom.